The zero-order valence-electron chi connectivity index (χ0n) is 52.7. The maximum Gasteiger partial charge on any atom is 1.00 e. The fraction of sp³-hybridized carbons (Fsp3) is 0.155. The summed E-state index contributed by atoms with van der Waals surface area (Å²) in [6.45, 7) is 14.5. The standard InChI is InChI=1S/C43H40O11S3.C28H26O5S.2Na/c1-28-6-8-29(9-7-28)42(2,3)31-14-20-35(21-15-31)52-39-25-23-37(27-41(39)57(48,49)50)56(46,47)36-22-24-38(40(26-36)55-54-53-45)51-34-18-12-32(13-19-34)43(4,5)30-10-16-33(44)17-11-30;1-28(2,20-4-8-22(29)9-5-20)21-6-10-24(11-7-21)33-25-14-18-27(19-15-25)34(30,31)26-16-12-23(32-3)13-17-26;;/h6-27,44-45H,1-5H3,(H,48,49,50);4-19,29H,1-3H3;;/q;;2*+1/p-2. The Balaban J connectivity index is 0.000000291. The summed E-state index contributed by atoms with van der Waals surface area (Å²) in [6.07, 6.45) is 0. The van der Waals surface area contributed by atoms with Crippen LogP contribution < -0.4 is 83.3 Å². The number of phenolic OH excluding ortho intramolecular Hbond substituents is 2. The minimum Gasteiger partial charge on any atom is -0.744 e. The number of ether oxygens (including phenoxy) is 4. The normalized spacial score (nSPS) is 11.8. The number of rotatable bonds is 21. The van der Waals surface area contributed by atoms with Crippen LogP contribution in [0.15, 0.2) is 260 Å². The molecule has 10 aromatic rings. The predicted octanol–water partition coefficient (Wildman–Crippen LogP) is 9.26. The van der Waals surface area contributed by atoms with E-state index in [0.717, 1.165) is 63.2 Å². The summed E-state index contributed by atoms with van der Waals surface area (Å²) in [5.74, 6) is 2.56. The molecule has 0 aliphatic rings. The number of aromatic hydroxyl groups is 2. The van der Waals surface area contributed by atoms with E-state index >= 15 is 0 Å². The van der Waals surface area contributed by atoms with Crippen molar-refractivity contribution in [1.29, 1.82) is 0 Å². The second-order valence-electron chi connectivity index (χ2n) is 22.8. The number of benzene rings is 10. The first-order chi connectivity index (χ1) is 43.1. The third kappa shape index (κ3) is 17.5. The maximum absolute atomic E-state index is 13.9. The van der Waals surface area contributed by atoms with Crippen molar-refractivity contribution in [2.24, 2.45) is 0 Å². The number of methoxy groups -OCH3 is 1. The summed E-state index contributed by atoms with van der Waals surface area (Å²) < 4.78 is 118. The van der Waals surface area contributed by atoms with Crippen LogP contribution in [0.25, 0.3) is 0 Å². The summed E-state index contributed by atoms with van der Waals surface area (Å²) >= 11 is 0.400. The Morgan fingerprint density at radius 1 is 0.387 bits per heavy atom. The Morgan fingerprint density at radius 2 is 0.688 bits per heavy atom. The Kier molecular flexibility index (Phi) is 24.2. The monoisotopic (exact) mass is 1350 g/mol. The van der Waals surface area contributed by atoms with Crippen LogP contribution in [0.4, 0.5) is 0 Å². The zero-order valence-corrected chi connectivity index (χ0v) is 59.9. The molecule has 0 unspecified atom stereocenters. The molecule has 0 aliphatic heterocycles. The van der Waals surface area contributed by atoms with Gasteiger partial charge in [0, 0.05) is 16.2 Å². The van der Waals surface area contributed by atoms with Gasteiger partial charge in [-0.25, -0.2) is 25.3 Å². The van der Waals surface area contributed by atoms with Gasteiger partial charge in [-0.1, -0.05) is 132 Å². The topological polar surface area (TPSA) is 244 Å². The van der Waals surface area contributed by atoms with Gasteiger partial charge in [-0.15, -0.1) is 0 Å². The van der Waals surface area contributed by atoms with Gasteiger partial charge in [-0.2, -0.15) is 4.33 Å². The summed E-state index contributed by atoms with van der Waals surface area (Å²) in [5.41, 5.74) is 6.29. The molecule has 0 aliphatic carbocycles. The Bertz CT molecular complexity index is 4520. The minimum atomic E-state index is -5.23. The molecule has 470 valence electrons. The molecular formula is C71H64Na2O16S4. The third-order valence-corrected chi connectivity index (χ3v) is 20.8. The van der Waals surface area contributed by atoms with Crippen molar-refractivity contribution in [3.05, 3.63) is 269 Å². The summed E-state index contributed by atoms with van der Waals surface area (Å²) in [6, 6.07) is 63.6. The fourth-order valence-corrected chi connectivity index (χ4v) is 13.8. The van der Waals surface area contributed by atoms with Crippen LogP contribution in [0.5, 0.6) is 51.7 Å². The van der Waals surface area contributed by atoms with Crippen molar-refractivity contribution >= 4 is 41.8 Å². The summed E-state index contributed by atoms with van der Waals surface area (Å²) in [4.78, 5) is -1.28. The molecule has 16 nitrogen and oxygen atoms in total. The van der Waals surface area contributed by atoms with Gasteiger partial charge in [-0.3, -0.25) is 5.04 Å². The van der Waals surface area contributed by atoms with E-state index in [1.807, 2.05) is 106 Å². The molecule has 0 radical (unpaired) electrons. The second-order valence-corrected chi connectivity index (χ2v) is 28.7. The first-order valence-corrected chi connectivity index (χ1v) is 33.3. The van der Waals surface area contributed by atoms with Crippen molar-refractivity contribution < 1.29 is 133 Å². The first kappa shape index (κ1) is 73.5. The van der Waals surface area contributed by atoms with Crippen molar-refractivity contribution in [3.8, 4) is 51.7 Å². The average molecular weight is 1350 g/mol. The van der Waals surface area contributed by atoms with E-state index in [1.54, 1.807) is 72.8 Å². The van der Waals surface area contributed by atoms with Gasteiger partial charge in [0.15, 0.2) is 0 Å². The zero-order chi connectivity index (χ0) is 65.5. The average Bonchev–Trinajstić information content (AvgIpc) is 0.817. The molecule has 10 rings (SSSR count). The number of phenols is 2. The second kappa shape index (κ2) is 30.6. The molecule has 22 heteroatoms. The summed E-state index contributed by atoms with van der Waals surface area (Å²) in [7, 11) is -11.8. The van der Waals surface area contributed by atoms with Gasteiger partial charge in [-0.05, 0) is 186 Å². The first-order valence-electron chi connectivity index (χ1n) is 28.2. The largest absolute Gasteiger partial charge is 1.00 e. The van der Waals surface area contributed by atoms with Gasteiger partial charge >= 0.3 is 59.1 Å². The van der Waals surface area contributed by atoms with Crippen LogP contribution in [0.3, 0.4) is 0 Å². The number of sulfone groups is 2. The van der Waals surface area contributed by atoms with Crippen LogP contribution in [0, 0.1) is 6.92 Å². The van der Waals surface area contributed by atoms with Crippen molar-refractivity contribution in [3.63, 3.8) is 0 Å². The number of hydrogen-bond acceptors (Lipinski definition) is 17. The fourth-order valence-electron chi connectivity index (χ4n) is 9.94. The van der Waals surface area contributed by atoms with Gasteiger partial charge in [0.05, 0.1) is 48.5 Å². The molecule has 0 amide bonds. The Hall–Kier alpha value is -6.96. The molecule has 0 saturated heterocycles. The van der Waals surface area contributed by atoms with E-state index in [0.29, 0.717) is 35.0 Å². The number of hydrogen-bond donors (Lipinski definition) is 2. The maximum atomic E-state index is 13.9. The predicted molar refractivity (Wildman–Crippen MR) is 343 cm³/mol. The molecule has 0 spiro atoms. The van der Waals surface area contributed by atoms with Crippen molar-refractivity contribution in [1.82, 2.24) is 0 Å². The van der Waals surface area contributed by atoms with Crippen LogP contribution in [0.2, 0.25) is 0 Å². The van der Waals surface area contributed by atoms with E-state index in [2.05, 4.69) is 49.2 Å². The van der Waals surface area contributed by atoms with Crippen molar-refractivity contribution in [2.45, 2.75) is 94.1 Å². The Labute approximate surface area is 591 Å². The van der Waals surface area contributed by atoms with Gasteiger partial charge in [0.2, 0.25) is 19.7 Å². The van der Waals surface area contributed by atoms with E-state index in [4.69, 9.17) is 18.9 Å². The molecule has 2 N–H and O–H groups in total. The molecule has 0 fully saturated rings. The molecule has 93 heavy (non-hydrogen) atoms. The quantitative estimate of drug-likeness (QED) is 0.0224. The molecular weight excluding hydrogens is 1280 g/mol. The van der Waals surface area contributed by atoms with E-state index in [1.165, 1.54) is 43.5 Å². The molecule has 10 aromatic carbocycles. The van der Waals surface area contributed by atoms with Crippen LogP contribution >= 0.6 is 12.0 Å². The SMILES string of the molecule is COc1ccc(S(=O)(=O)c2ccc(Oc3ccc(C(C)(C)c4ccc(O)cc4)cc3)cc2)cc1.Cc1ccc(C(C)(C)c2ccc(Oc3ccc(S(=O)(=O)c4ccc(Oc5ccc(C(C)(C)c6ccc(O)cc6)cc5)c(SOO[O-])c4)cc3S(=O)(=O)[O-])cc2)cc1.[Na+].[Na+]. The van der Waals surface area contributed by atoms with Crippen LogP contribution in [-0.4, -0.2) is 47.1 Å². The summed E-state index contributed by atoms with van der Waals surface area (Å²) in [5, 5.41) is 33.5. The van der Waals surface area contributed by atoms with Gasteiger partial charge in [0.1, 0.15) is 61.9 Å². The van der Waals surface area contributed by atoms with Crippen molar-refractivity contribution in [2.75, 3.05) is 7.11 Å². The Morgan fingerprint density at radius 3 is 1.06 bits per heavy atom. The van der Waals surface area contributed by atoms with Gasteiger partial charge < -0.3 is 39.0 Å². The van der Waals surface area contributed by atoms with E-state index < -0.39 is 45.0 Å². The van der Waals surface area contributed by atoms with Gasteiger partial charge in [0.25, 0.3) is 0 Å². The smallest absolute Gasteiger partial charge is 0.744 e. The molecule has 0 heterocycles. The third-order valence-electron chi connectivity index (χ3n) is 15.7. The molecule has 0 aromatic heterocycles. The van der Waals surface area contributed by atoms with Crippen LogP contribution in [0.1, 0.15) is 80.5 Å². The minimum absolute atomic E-state index is 0. The molecule has 0 bridgehead atoms. The van der Waals surface area contributed by atoms with E-state index in [-0.39, 0.29) is 118 Å². The number of aryl methyl sites for hydroxylation is 1. The molecule has 0 saturated carbocycles. The van der Waals surface area contributed by atoms with Crippen LogP contribution in [-0.2, 0) is 55.4 Å². The molecule has 0 atom stereocenters. The van der Waals surface area contributed by atoms with E-state index in [9.17, 15) is 45.3 Å².